The summed E-state index contributed by atoms with van der Waals surface area (Å²) < 4.78 is 26.8. The Kier molecular flexibility index (Phi) is 6.66. The molecule has 0 unspecified atom stereocenters. The second-order valence-electron chi connectivity index (χ2n) is 7.21. The second kappa shape index (κ2) is 9.07. The molecule has 0 radical (unpaired) electrons. The Labute approximate surface area is 182 Å². The molecule has 0 saturated carbocycles. The Bertz CT molecular complexity index is 1110. The summed E-state index contributed by atoms with van der Waals surface area (Å²) in [5.41, 5.74) is 2.08. The molecule has 2 N–H and O–H groups in total. The quantitative estimate of drug-likeness (QED) is 0.637. The highest BCUT2D eigenvalue weighted by Crippen LogP contribution is 2.31. The van der Waals surface area contributed by atoms with Crippen molar-refractivity contribution < 1.29 is 23.1 Å². The van der Waals surface area contributed by atoms with Crippen molar-refractivity contribution in [2.75, 3.05) is 29.9 Å². The Morgan fingerprint density at radius 1 is 1.10 bits per heavy atom. The molecule has 0 aliphatic carbocycles. The number of hydrogen-bond donors (Lipinski definition) is 2. The zero-order valence-corrected chi connectivity index (χ0v) is 18.7. The van der Waals surface area contributed by atoms with Crippen LogP contribution in [-0.4, -0.2) is 49.3 Å². The minimum absolute atomic E-state index is 0.00743. The summed E-state index contributed by atoms with van der Waals surface area (Å²) >= 11 is 0. The van der Waals surface area contributed by atoms with Crippen LogP contribution in [0.5, 0.6) is 5.75 Å². The Morgan fingerprint density at radius 2 is 1.81 bits per heavy atom. The summed E-state index contributed by atoms with van der Waals surface area (Å²) in [6.07, 6.45) is 1.07. The highest BCUT2D eigenvalue weighted by atomic mass is 32.2. The lowest BCUT2D eigenvalue weighted by Gasteiger charge is -2.19. The molecule has 166 valence electrons. The van der Waals surface area contributed by atoms with E-state index in [9.17, 15) is 23.1 Å². The number of phenolic OH excluding ortho intramolecular Hbond substituents is 1. The predicted octanol–water partition coefficient (Wildman–Crippen LogP) is 2.97. The Balaban J connectivity index is 1.85. The zero-order chi connectivity index (χ0) is 22.8. The van der Waals surface area contributed by atoms with E-state index in [1.807, 2.05) is 6.92 Å². The van der Waals surface area contributed by atoms with Gasteiger partial charge in [-0.25, -0.2) is 8.42 Å². The normalized spacial score (nSPS) is 13.4. The summed E-state index contributed by atoms with van der Waals surface area (Å²) in [6, 6.07) is 8.90. The lowest BCUT2D eigenvalue weighted by Crippen LogP contribution is -2.30. The summed E-state index contributed by atoms with van der Waals surface area (Å²) in [7, 11) is -3.73. The van der Waals surface area contributed by atoms with E-state index in [1.165, 1.54) is 22.5 Å². The van der Waals surface area contributed by atoms with Crippen molar-refractivity contribution in [3.05, 3.63) is 47.5 Å². The number of hydrogen-bond acceptors (Lipinski definition) is 5. The van der Waals surface area contributed by atoms with Gasteiger partial charge in [-0.05, 0) is 48.4 Å². The first kappa shape index (κ1) is 22.8. The monoisotopic (exact) mass is 445 g/mol. The van der Waals surface area contributed by atoms with Crippen LogP contribution < -0.4 is 10.2 Å². The fourth-order valence-corrected chi connectivity index (χ4v) is 5.16. The largest absolute Gasteiger partial charge is 0.506 e. The molecule has 2 amide bonds. The molecular weight excluding hydrogens is 418 g/mol. The topological polar surface area (TPSA) is 107 Å². The van der Waals surface area contributed by atoms with Crippen LogP contribution in [0.1, 0.15) is 43.1 Å². The van der Waals surface area contributed by atoms with Gasteiger partial charge < -0.3 is 15.3 Å². The first-order valence-electron chi connectivity index (χ1n) is 10.3. The van der Waals surface area contributed by atoms with Gasteiger partial charge in [0.25, 0.3) is 5.91 Å². The summed E-state index contributed by atoms with van der Waals surface area (Å²) in [4.78, 5) is 26.5. The van der Waals surface area contributed by atoms with Crippen molar-refractivity contribution in [3.8, 4) is 5.75 Å². The van der Waals surface area contributed by atoms with E-state index < -0.39 is 15.9 Å². The molecule has 3 rings (SSSR count). The summed E-state index contributed by atoms with van der Waals surface area (Å²) in [6.45, 7) is 6.50. The molecule has 31 heavy (non-hydrogen) atoms. The molecule has 1 aliphatic rings. The molecule has 2 aromatic rings. The first-order chi connectivity index (χ1) is 14.7. The molecule has 0 bridgehead atoms. The van der Waals surface area contributed by atoms with Gasteiger partial charge in [-0.15, -0.1) is 0 Å². The SMILES string of the molecule is CCC(=O)N1CCc2cc(C(=O)Nc3cc(S(=O)(=O)N(CC)CC)ccc3O)ccc21. The molecule has 8 nitrogen and oxygen atoms in total. The van der Waals surface area contributed by atoms with E-state index in [0.29, 0.717) is 38.0 Å². The van der Waals surface area contributed by atoms with Crippen molar-refractivity contribution in [2.45, 2.75) is 38.5 Å². The maximum atomic E-state index is 12.8. The van der Waals surface area contributed by atoms with Gasteiger partial charge >= 0.3 is 0 Å². The molecule has 0 aromatic heterocycles. The van der Waals surface area contributed by atoms with E-state index in [2.05, 4.69) is 5.32 Å². The van der Waals surface area contributed by atoms with Gasteiger partial charge in [-0.1, -0.05) is 20.8 Å². The van der Waals surface area contributed by atoms with Gasteiger partial charge in [0.1, 0.15) is 5.75 Å². The summed E-state index contributed by atoms with van der Waals surface area (Å²) in [5.74, 6) is -0.671. The van der Waals surface area contributed by atoms with Gasteiger partial charge in [0.15, 0.2) is 0 Å². The van der Waals surface area contributed by atoms with Crippen LogP contribution in [0.25, 0.3) is 0 Å². The second-order valence-corrected chi connectivity index (χ2v) is 9.15. The van der Waals surface area contributed by atoms with E-state index in [-0.39, 0.29) is 22.2 Å². The van der Waals surface area contributed by atoms with Gasteiger partial charge in [0.05, 0.1) is 10.6 Å². The van der Waals surface area contributed by atoms with E-state index in [4.69, 9.17) is 0 Å². The highest BCUT2D eigenvalue weighted by Gasteiger charge is 2.25. The number of anilines is 2. The molecule has 1 heterocycles. The van der Waals surface area contributed by atoms with E-state index in [0.717, 1.165) is 11.3 Å². The molecule has 0 atom stereocenters. The molecule has 0 saturated heterocycles. The fraction of sp³-hybridized carbons (Fsp3) is 0.364. The highest BCUT2D eigenvalue weighted by molar-refractivity contribution is 7.89. The number of amides is 2. The maximum Gasteiger partial charge on any atom is 0.255 e. The molecule has 9 heteroatoms. The lowest BCUT2D eigenvalue weighted by atomic mass is 10.1. The van der Waals surface area contributed by atoms with E-state index in [1.54, 1.807) is 36.9 Å². The number of sulfonamides is 1. The number of nitrogens with one attached hydrogen (secondary N) is 1. The number of nitrogens with zero attached hydrogens (tertiary/aromatic N) is 2. The fourth-order valence-electron chi connectivity index (χ4n) is 3.68. The minimum Gasteiger partial charge on any atom is -0.506 e. The Hall–Kier alpha value is -2.91. The number of fused-ring (bicyclic) bond motifs is 1. The summed E-state index contributed by atoms with van der Waals surface area (Å²) in [5, 5.41) is 12.8. The zero-order valence-electron chi connectivity index (χ0n) is 17.9. The van der Waals surface area contributed by atoms with Gasteiger partial charge in [-0.3, -0.25) is 9.59 Å². The smallest absolute Gasteiger partial charge is 0.255 e. The van der Waals surface area contributed by atoms with Crippen LogP contribution in [0, 0.1) is 0 Å². The predicted molar refractivity (Wildman–Crippen MR) is 119 cm³/mol. The molecule has 0 spiro atoms. The standard InChI is InChI=1S/C22H27N3O5S/c1-4-21(27)25-12-11-15-13-16(7-9-19(15)25)22(28)23-18-14-17(8-10-20(18)26)31(29,30)24(5-2)6-3/h7-10,13-14,26H,4-6,11-12H2,1-3H3,(H,23,28). The first-order valence-corrected chi connectivity index (χ1v) is 11.7. The third kappa shape index (κ3) is 4.42. The average Bonchev–Trinajstić information content (AvgIpc) is 3.18. The third-order valence-electron chi connectivity index (χ3n) is 5.40. The number of benzene rings is 2. The van der Waals surface area contributed by atoms with Crippen molar-refractivity contribution in [2.24, 2.45) is 0 Å². The minimum atomic E-state index is -3.73. The van der Waals surface area contributed by atoms with Crippen LogP contribution in [0.2, 0.25) is 0 Å². The number of carbonyl (C=O) groups excluding carboxylic acids is 2. The van der Waals surface area contributed by atoms with Gasteiger partial charge in [0.2, 0.25) is 15.9 Å². The molecule has 0 fully saturated rings. The van der Waals surface area contributed by atoms with Crippen LogP contribution in [0.15, 0.2) is 41.3 Å². The van der Waals surface area contributed by atoms with E-state index >= 15 is 0 Å². The van der Waals surface area contributed by atoms with Crippen LogP contribution in [0.3, 0.4) is 0 Å². The molecular formula is C22H27N3O5S. The maximum absolute atomic E-state index is 12.8. The van der Waals surface area contributed by atoms with Crippen molar-refractivity contribution in [1.29, 1.82) is 0 Å². The Morgan fingerprint density at radius 3 is 2.45 bits per heavy atom. The average molecular weight is 446 g/mol. The lowest BCUT2D eigenvalue weighted by molar-refractivity contribution is -0.118. The number of carbonyl (C=O) groups is 2. The number of aromatic hydroxyl groups is 1. The van der Waals surface area contributed by atoms with Crippen molar-refractivity contribution >= 4 is 33.2 Å². The van der Waals surface area contributed by atoms with Crippen molar-refractivity contribution in [3.63, 3.8) is 0 Å². The van der Waals surface area contributed by atoms with Crippen molar-refractivity contribution in [1.82, 2.24) is 4.31 Å². The third-order valence-corrected chi connectivity index (χ3v) is 7.45. The number of rotatable bonds is 7. The van der Waals surface area contributed by atoms with Gasteiger partial charge in [0, 0.05) is 37.3 Å². The van der Waals surface area contributed by atoms with Crippen LogP contribution in [-0.2, 0) is 21.2 Å². The van der Waals surface area contributed by atoms with Crippen LogP contribution >= 0.6 is 0 Å². The molecule has 1 aliphatic heterocycles. The number of phenols is 1. The van der Waals surface area contributed by atoms with Crippen LogP contribution in [0.4, 0.5) is 11.4 Å². The molecule has 2 aromatic carbocycles. The van der Waals surface area contributed by atoms with Gasteiger partial charge in [-0.2, -0.15) is 4.31 Å².